The molecule has 0 spiro atoms. The number of carbonyl (C=O) groups excluding carboxylic acids is 1. The summed E-state index contributed by atoms with van der Waals surface area (Å²) < 4.78 is 44.2. The lowest BCUT2D eigenvalue weighted by molar-refractivity contribution is -0.122. The summed E-state index contributed by atoms with van der Waals surface area (Å²) in [5.41, 5.74) is 1.57. The summed E-state index contributed by atoms with van der Waals surface area (Å²) in [6.45, 7) is -0.167. The van der Waals surface area contributed by atoms with Gasteiger partial charge in [0.05, 0.1) is 38.4 Å². The van der Waals surface area contributed by atoms with Crippen molar-refractivity contribution < 1.29 is 37.6 Å². The van der Waals surface area contributed by atoms with Gasteiger partial charge in [-0.1, -0.05) is 30.3 Å². The predicted octanol–water partition coefficient (Wildman–Crippen LogP) is 3.29. The third kappa shape index (κ3) is 7.72. The molecule has 1 aliphatic carbocycles. The number of nitrogens with zero attached hydrogens (tertiary/aromatic N) is 1. The van der Waals surface area contributed by atoms with Gasteiger partial charge in [-0.25, -0.2) is 8.42 Å². The van der Waals surface area contributed by atoms with E-state index in [9.17, 15) is 23.4 Å². The number of hydrogen-bond donors (Lipinski definition) is 3. The van der Waals surface area contributed by atoms with Gasteiger partial charge in [-0.05, 0) is 67.1 Å². The maximum absolute atomic E-state index is 13.6. The van der Waals surface area contributed by atoms with Crippen molar-refractivity contribution in [3.63, 3.8) is 0 Å². The van der Waals surface area contributed by atoms with Gasteiger partial charge in [0.2, 0.25) is 15.9 Å². The first kappa shape index (κ1) is 31.1. The number of hydrogen-bond acceptors (Lipinski definition) is 8. The zero-order valence-electron chi connectivity index (χ0n) is 24.0. The molecule has 1 aliphatic rings. The molecule has 2 atom stereocenters. The van der Waals surface area contributed by atoms with E-state index in [1.165, 1.54) is 43.8 Å². The number of rotatable bonds is 15. The van der Waals surface area contributed by atoms with Crippen LogP contribution in [0.1, 0.15) is 30.4 Å². The van der Waals surface area contributed by atoms with Crippen LogP contribution in [0.5, 0.6) is 23.0 Å². The van der Waals surface area contributed by atoms with Crippen molar-refractivity contribution in [1.29, 1.82) is 0 Å². The Balaban J connectivity index is 1.51. The lowest BCUT2D eigenvalue weighted by Crippen LogP contribution is -2.51. The van der Waals surface area contributed by atoms with Crippen LogP contribution in [-0.2, 0) is 27.7 Å². The van der Waals surface area contributed by atoms with Crippen LogP contribution >= 0.6 is 0 Å². The smallest absolute Gasteiger partial charge is 0.243 e. The quantitative estimate of drug-likeness (QED) is 0.243. The number of carbonyl (C=O) groups is 1. The fourth-order valence-corrected chi connectivity index (χ4v) is 6.52. The van der Waals surface area contributed by atoms with Gasteiger partial charge in [0.15, 0.2) is 11.5 Å². The van der Waals surface area contributed by atoms with E-state index >= 15 is 0 Å². The molecular weight excluding hydrogens is 560 g/mol. The van der Waals surface area contributed by atoms with Gasteiger partial charge in [0, 0.05) is 25.1 Å². The standard InChI is InChI=1S/C31H38N2O8S/c1-39-24-12-14-25(15-13-24)42(37,38)33(23-10-11-23)20-28(35)26(17-21-7-5-4-6-8-21)32-31(36)16-9-22-18-30(41-3)27(34)19-29(22)40-2/h4-8,12-15,18-19,23,26,28,34-35H,9-11,16-17,20H2,1-3H3,(H,32,36)/t26-,28+/m0/s1. The van der Waals surface area contributed by atoms with Gasteiger partial charge in [-0.15, -0.1) is 0 Å². The summed E-state index contributed by atoms with van der Waals surface area (Å²) in [6.07, 6.45) is 0.904. The lowest BCUT2D eigenvalue weighted by Gasteiger charge is -2.30. The molecule has 1 fully saturated rings. The average molecular weight is 599 g/mol. The minimum atomic E-state index is -3.90. The largest absolute Gasteiger partial charge is 0.504 e. The number of aliphatic hydroxyl groups is 1. The fourth-order valence-electron chi connectivity index (χ4n) is 4.82. The van der Waals surface area contributed by atoms with Gasteiger partial charge in [0.25, 0.3) is 0 Å². The molecule has 11 heteroatoms. The fraction of sp³-hybridized carbons (Fsp3) is 0.387. The molecule has 1 saturated carbocycles. The zero-order chi connectivity index (χ0) is 30.3. The highest BCUT2D eigenvalue weighted by Gasteiger charge is 2.40. The minimum absolute atomic E-state index is 0.0682. The van der Waals surface area contributed by atoms with E-state index in [4.69, 9.17) is 14.2 Å². The molecule has 0 heterocycles. The molecule has 10 nitrogen and oxygen atoms in total. The molecule has 0 bridgehead atoms. The number of sulfonamides is 1. The molecule has 4 rings (SSSR count). The molecule has 42 heavy (non-hydrogen) atoms. The Bertz CT molecular complexity index is 1440. The molecule has 0 aliphatic heterocycles. The highest BCUT2D eigenvalue weighted by atomic mass is 32.2. The average Bonchev–Trinajstić information content (AvgIpc) is 3.84. The van der Waals surface area contributed by atoms with Crippen LogP contribution in [0.2, 0.25) is 0 Å². The molecule has 0 unspecified atom stereocenters. The van der Waals surface area contributed by atoms with Crippen LogP contribution in [0, 0.1) is 0 Å². The van der Waals surface area contributed by atoms with Gasteiger partial charge in [0.1, 0.15) is 11.5 Å². The van der Waals surface area contributed by atoms with Crippen LogP contribution in [0.15, 0.2) is 71.6 Å². The van der Waals surface area contributed by atoms with Gasteiger partial charge in [-0.3, -0.25) is 4.79 Å². The number of aliphatic hydroxyl groups excluding tert-OH is 1. The topological polar surface area (TPSA) is 135 Å². The van der Waals surface area contributed by atoms with Crippen molar-refractivity contribution in [2.24, 2.45) is 0 Å². The molecule has 0 aromatic heterocycles. The van der Waals surface area contributed by atoms with Gasteiger partial charge in [-0.2, -0.15) is 4.31 Å². The van der Waals surface area contributed by atoms with Gasteiger partial charge < -0.3 is 29.7 Å². The van der Waals surface area contributed by atoms with Crippen molar-refractivity contribution in [3.05, 3.63) is 77.9 Å². The Kier molecular flexibility index (Phi) is 10.3. The maximum atomic E-state index is 13.6. The summed E-state index contributed by atoms with van der Waals surface area (Å²) in [4.78, 5) is 13.3. The first-order valence-electron chi connectivity index (χ1n) is 13.8. The molecule has 3 N–H and O–H groups in total. The molecule has 1 amide bonds. The number of ether oxygens (including phenoxy) is 3. The number of methoxy groups -OCH3 is 3. The second kappa shape index (κ2) is 13.9. The van der Waals surface area contributed by atoms with Crippen LogP contribution < -0.4 is 19.5 Å². The van der Waals surface area contributed by atoms with E-state index in [0.29, 0.717) is 42.7 Å². The second-order valence-electron chi connectivity index (χ2n) is 10.2. The monoisotopic (exact) mass is 598 g/mol. The number of aryl methyl sites for hydroxylation is 1. The Hall–Kier alpha value is -3.80. The highest BCUT2D eigenvalue weighted by Crippen LogP contribution is 2.35. The van der Waals surface area contributed by atoms with Crippen molar-refractivity contribution in [2.45, 2.75) is 55.2 Å². The first-order chi connectivity index (χ1) is 20.2. The van der Waals surface area contributed by atoms with E-state index in [2.05, 4.69) is 5.32 Å². The van der Waals surface area contributed by atoms with Crippen LogP contribution in [0.25, 0.3) is 0 Å². The first-order valence-corrected chi connectivity index (χ1v) is 15.2. The number of phenols is 1. The van der Waals surface area contributed by atoms with E-state index in [1.807, 2.05) is 30.3 Å². The molecule has 0 radical (unpaired) electrons. The van der Waals surface area contributed by atoms with Gasteiger partial charge >= 0.3 is 0 Å². The normalized spacial score (nSPS) is 14.7. The van der Waals surface area contributed by atoms with Crippen molar-refractivity contribution >= 4 is 15.9 Å². The summed E-state index contributed by atoms with van der Waals surface area (Å²) in [5.74, 6) is 0.840. The number of amides is 1. The Labute approximate surface area is 246 Å². The number of benzene rings is 3. The molecule has 226 valence electrons. The lowest BCUT2D eigenvalue weighted by atomic mass is 10.00. The van der Waals surface area contributed by atoms with Crippen LogP contribution in [-0.4, -0.2) is 74.9 Å². The third-order valence-corrected chi connectivity index (χ3v) is 9.23. The molecular formula is C31H38N2O8S. The van der Waals surface area contributed by atoms with E-state index in [0.717, 1.165) is 5.56 Å². The summed E-state index contributed by atoms with van der Waals surface area (Å²) in [5, 5.41) is 24.4. The predicted molar refractivity (Wildman–Crippen MR) is 158 cm³/mol. The summed E-state index contributed by atoms with van der Waals surface area (Å²) in [7, 11) is 0.524. The molecule has 0 saturated heterocycles. The summed E-state index contributed by atoms with van der Waals surface area (Å²) >= 11 is 0. The zero-order valence-corrected chi connectivity index (χ0v) is 24.8. The Morgan fingerprint density at radius 3 is 2.24 bits per heavy atom. The molecule has 3 aromatic carbocycles. The highest BCUT2D eigenvalue weighted by molar-refractivity contribution is 7.89. The van der Waals surface area contributed by atoms with E-state index < -0.39 is 22.2 Å². The third-order valence-electron chi connectivity index (χ3n) is 7.30. The number of aromatic hydroxyl groups is 1. The second-order valence-corrected chi connectivity index (χ2v) is 12.1. The van der Waals surface area contributed by atoms with E-state index in [1.54, 1.807) is 18.2 Å². The van der Waals surface area contributed by atoms with Crippen LogP contribution in [0.4, 0.5) is 0 Å². The SMILES string of the molecule is COc1ccc(S(=O)(=O)N(C[C@@H](O)[C@H](Cc2ccccc2)NC(=O)CCc2cc(OC)c(O)cc2OC)C2CC2)cc1. The Morgan fingerprint density at radius 1 is 0.976 bits per heavy atom. The van der Waals surface area contributed by atoms with Crippen molar-refractivity contribution in [2.75, 3.05) is 27.9 Å². The molecule has 3 aromatic rings. The van der Waals surface area contributed by atoms with Crippen molar-refractivity contribution in [1.82, 2.24) is 9.62 Å². The van der Waals surface area contributed by atoms with E-state index in [-0.39, 0.29) is 41.3 Å². The van der Waals surface area contributed by atoms with Crippen LogP contribution in [0.3, 0.4) is 0 Å². The summed E-state index contributed by atoms with van der Waals surface area (Å²) in [6, 6.07) is 17.7. The Morgan fingerprint density at radius 2 is 1.64 bits per heavy atom. The number of phenolic OH excluding ortho intramolecular Hbond substituents is 1. The minimum Gasteiger partial charge on any atom is -0.504 e. The van der Waals surface area contributed by atoms with Crippen molar-refractivity contribution in [3.8, 4) is 23.0 Å². The maximum Gasteiger partial charge on any atom is 0.243 e. The number of nitrogens with one attached hydrogen (secondary N) is 1.